The van der Waals surface area contributed by atoms with Crippen LogP contribution in [0.1, 0.15) is 0 Å². The molecular weight excluding hydrogens is 591 g/mol. The molecule has 34 heavy (non-hydrogen) atoms. The summed E-state index contributed by atoms with van der Waals surface area (Å²) >= 11 is 0. The summed E-state index contributed by atoms with van der Waals surface area (Å²) in [6.07, 6.45) is 0. The minimum Gasteiger partial charge on any atom is -0.184 e. The molecule has 0 aliphatic rings. The van der Waals surface area contributed by atoms with Crippen LogP contribution < -0.4 is 0 Å². The standard InChI is InChI=1S/2C9H7.2C6H5.C2H6Si.Hf/c2*1-2-5-9-7-3-6-8(9)4-1;2*1-2-4-6-5-3-1;1-3-2;/h2*1-7H;2*1-5H;1-2H3;/q4*-1;;+4. The molecule has 6 aromatic carbocycles. The van der Waals surface area contributed by atoms with Gasteiger partial charge in [-0.15, -0.1) is 59.3 Å². The summed E-state index contributed by atoms with van der Waals surface area (Å²) in [7, 11) is 1.08. The molecule has 0 saturated carbocycles. The van der Waals surface area contributed by atoms with Gasteiger partial charge in [0.2, 0.25) is 0 Å². The molecule has 6 rings (SSSR count). The maximum Gasteiger partial charge on any atom is 4.00 e. The molecule has 0 unspecified atom stereocenters. The Labute approximate surface area is 226 Å². The van der Waals surface area contributed by atoms with Crippen LogP contribution in [0.15, 0.2) is 146 Å². The van der Waals surface area contributed by atoms with Gasteiger partial charge < -0.3 is 0 Å². The van der Waals surface area contributed by atoms with Gasteiger partial charge in [-0.3, -0.25) is 0 Å². The smallest absolute Gasteiger partial charge is 0.184 e. The van der Waals surface area contributed by atoms with Crippen molar-refractivity contribution in [2.45, 2.75) is 13.1 Å². The van der Waals surface area contributed by atoms with Gasteiger partial charge in [-0.25, -0.2) is 0 Å². The van der Waals surface area contributed by atoms with Crippen LogP contribution >= 0.6 is 0 Å². The number of hydrogen-bond donors (Lipinski definition) is 0. The topological polar surface area (TPSA) is 0 Å². The molecule has 0 fully saturated rings. The van der Waals surface area contributed by atoms with Gasteiger partial charge in [0.05, 0.1) is 0 Å². The largest absolute Gasteiger partial charge is 4.00 e. The Bertz CT molecular complexity index is 996. The molecule has 2 radical (unpaired) electrons. The zero-order valence-electron chi connectivity index (χ0n) is 19.9. The Morgan fingerprint density at radius 2 is 0.853 bits per heavy atom. The van der Waals surface area contributed by atoms with Gasteiger partial charge in [-0.2, -0.15) is 108 Å². The molecule has 0 spiro atoms. The molecule has 0 aliphatic carbocycles. The molecule has 0 aromatic heterocycles. The van der Waals surface area contributed by atoms with E-state index >= 15 is 0 Å². The maximum atomic E-state index is 2.89. The first kappa shape index (κ1) is 29.2. The second kappa shape index (κ2) is 19.6. The van der Waals surface area contributed by atoms with Crippen molar-refractivity contribution >= 4 is 31.1 Å². The number of rotatable bonds is 0. The van der Waals surface area contributed by atoms with Gasteiger partial charge in [0.25, 0.3) is 0 Å². The van der Waals surface area contributed by atoms with Crippen LogP contribution in [0.25, 0.3) is 21.5 Å². The molecule has 0 nitrogen and oxygen atoms in total. The van der Waals surface area contributed by atoms with Gasteiger partial charge in [-0.05, 0) is 0 Å². The third-order valence-corrected chi connectivity index (χ3v) is 4.31. The second-order valence-corrected chi connectivity index (χ2v) is 7.96. The van der Waals surface area contributed by atoms with Crippen molar-refractivity contribution in [1.82, 2.24) is 0 Å². The average molecular weight is 621 g/mol. The second-order valence-electron chi connectivity index (χ2n) is 6.96. The van der Waals surface area contributed by atoms with Crippen LogP contribution in [0.4, 0.5) is 0 Å². The zero-order chi connectivity index (χ0) is 23.4. The van der Waals surface area contributed by atoms with E-state index < -0.39 is 0 Å². The van der Waals surface area contributed by atoms with E-state index in [4.69, 9.17) is 0 Å². The van der Waals surface area contributed by atoms with E-state index in [-0.39, 0.29) is 25.8 Å². The van der Waals surface area contributed by atoms with Crippen molar-refractivity contribution in [2.24, 2.45) is 0 Å². The first-order valence-electron chi connectivity index (χ1n) is 11.0. The van der Waals surface area contributed by atoms with Crippen LogP contribution in [-0.4, -0.2) is 9.52 Å². The fourth-order valence-corrected chi connectivity index (χ4v) is 2.82. The quantitative estimate of drug-likeness (QED) is 0.118. The molecular formula is C32H30HfSi. The Hall–Kier alpha value is -2.81. The summed E-state index contributed by atoms with van der Waals surface area (Å²) in [4.78, 5) is 0. The van der Waals surface area contributed by atoms with Crippen LogP contribution in [0.2, 0.25) is 13.1 Å². The van der Waals surface area contributed by atoms with Crippen molar-refractivity contribution in [3.8, 4) is 0 Å². The minimum atomic E-state index is 0. The fraction of sp³-hybridized carbons (Fsp3) is 0.0625. The Morgan fingerprint density at radius 1 is 0.500 bits per heavy atom. The summed E-state index contributed by atoms with van der Waals surface area (Å²) in [5, 5.41) is 5.32. The Balaban J connectivity index is 0.000000220. The predicted molar refractivity (Wildman–Crippen MR) is 147 cm³/mol. The zero-order valence-corrected chi connectivity index (χ0v) is 24.4. The van der Waals surface area contributed by atoms with Crippen molar-refractivity contribution in [2.75, 3.05) is 0 Å². The van der Waals surface area contributed by atoms with Gasteiger partial charge >= 0.3 is 25.8 Å². The summed E-state index contributed by atoms with van der Waals surface area (Å²) in [6.45, 7) is 4.31. The van der Waals surface area contributed by atoms with Crippen molar-refractivity contribution in [3.63, 3.8) is 0 Å². The Morgan fingerprint density at radius 3 is 1.12 bits per heavy atom. The molecule has 166 valence electrons. The van der Waals surface area contributed by atoms with E-state index in [0.717, 1.165) is 9.52 Å². The van der Waals surface area contributed by atoms with E-state index in [9.17, 15) is 0 Å². The molecule has 0 aliphatic heterocycles. The van der Waals surface area contributed by atoms with Crippen molar-refractivity contribution in [1.29, 1.82) is 0 Å². The van der Waals surface area contributed by atoms with E-state index in [1.54, 1.807) is 0 Å². The minimum absolute atomic E-state index is 0. The first-order chi connectivity index (χ1) is 16.3. The molecule has 0 bridgehead atoms. The molecule has 0 heterocycles. The summed E-state index contributed by atoms with van der Waals surface area (Å²) in [6, 6.07) is 54.3. The Kier molecular flexibility index (Phi) is 16.9. The molecule has 0 saturated heterocycles. The van der Waals surface area contributed by atoms with Gasteiger partial charge in [0.15, 0.2) is 0 Å². The van der Waals surface area contributed by atoms with E-state index in [1.165, 1.54) is 21.5 Å². The van der Waals surface area contributed by atoms with Crippen molar-refractivity contribution < 1.29 is 25.8 Å². The van der Waals surface area contributed by atoms with Gasteiger partial charge in [0, 0.05) is 9.52 Å². The monoisotopic (exact) mass is 622 g/mol. The van der Waals surface area contributed by atoms with E-state index in [2.05, 4.69) is 110 Å². The normalized spacial score (nSPS) is 8.76. The summed E-state index contributed by atoms with van der Waals surface area (Å²) in [5.74, 6) is 0. The molecule has 6 aromatic rings. The molecule has 0 atom stereocenters. The van der Waals surface area contributed by atoms with Gasteiger partial charge in [0.1, 0.15) is 0 Å². The molecule has 0 amide bonds. The number of benzene rings is 4. The SMILES string of the molecule is C[Si]C.[Hf+4].[c-]1ccccc1.[c-]1ccccc1.c1ccc2[cH-]ccc2c1.c1ccc2[cH-]ccc2c1. The number of hydrogen-bond acceptors (Lipinski definition) is 0. The fourth-order valence-electron chi connectivity index (χ4n) is 2.82. The summed E-state index contributed by atoms with van der Waals surface area (Å²) in [5.41, 5.74) is 0. The van der Waals surface area contributed by atoms with Crippen LogP contribution in [0.5, 0.6) is 0 Å². The van der Waals surface area contributed by atoms with Crippen LogP contribution in [0.3, 0.4) is 0 Å². The maximum absolute atomic E-state index is 2.89. The third-order valence-electron chi connectivity index (χ3n) is 4.31. The molecule has 0 N–H and O–H groups in total. The van der Waals surface area contributed by atoms with E-state index in [0.29, 0.717) is 0 Å². The number of fused-ring (bicyclic) bond motifs is 2. The van der Waals surface area contributed by atoms with E-state index in [1.807, 2.05) is 60.7 Å². The van der Waals surface area contributed by atoms with Gasteiger partial charge in [-0.1, -0.05) is 25.2 Å². The summed E-state index contributed by atoms with van der Waals surface area (Å²) < 4.78 is 0. The van der Waals surface area contributed by atoms with Crippen LogP contribution in [-0.2, 0) is 25.8 Å². The molecule has 2 heteroatoms. The first-order valence-corrected chi connectivity index (χ1v) is 13.0. The van der Waals surface area contributed by atoms with Crippen LogP contribution in [0, 0.1) is 12.1 Å². The predicted octanol–water partition coefficient (Wildman–Crippen LogP) is 8.88. The van der Waals surface area contributed by atoms with Crippen molar-refractivity contribution in [3.05, 3.63) is 158 Å². The average Bonchev–Trinajstić information content (AvgIpc) is 3.57. The third kappa shape index (κ3) is 12.4.